The normalized spacial score (nSPS) is 20.4. The molecule has 0 fully saturated rings. The predicted molar refractivity (Wildman–Crippen MR) is 101 cm³/mol. The van der Waals surface area contributed by atoms with Crippen molar-refractivity contribution in [3.63, 3.8) is 0 Å². The summed E-state index contributed by atoms with van der Waals surface area (Å²) in [7, 11) is 1.52. The monoisotopic (exact) mass is 409 g/mol. The van der Waals surface area contributed by atoms with Gasteiger partial charge in [0.15, 0.2) is 0 Å². The van der Waals surface area contributed by atoms with E-state index in [1.54, 1.807) is 24.3 Å². The van der Waals surface area contributed by atoms with E-state index in [4.69, 9.17) is 4.74 Å². The van der Waals surface area contributed by atoms with Gasteiger partial charge in [0.05, 0.1) is 25.4 Å². The van der Waals surface area contributed by atoms with Crippen LogP contribution in [0.15, 0.2) is 42.5 Å². The van der Waals surface area contributed by atoms with Gasteiger partial charge < -0.3 is 20.3 Å². The SMILES string of the molecule is COc1ccc([C@H]2Cc3cc(C(F)(F)F)ccc3NC(=O)[C@H]2CC(O)CO)cc1. The van der Waals surface area contributed by atoms with Crippen molar-refractivity contribution in [3.05, 3.63) is 59.2 Å². The number of amides is 1. The number of methoxy groups -OCH3 is 1. The number of halogens is 3. The number of carbonyl (C=O) groups excluding carboxylic acids is 1. The van der Waals surface area contributed by atoms with Gasteiger partial charge in [0.2, 0.25) is 5.91 Å². The van der Waals surface area contributed by atoms with Crippen LogP contribution in [0.3, 0.4) is 0 Å². The van der Waals surface area contributed by atoms with E-state index in [1.807, 2.05) is 0 Å². The highest BCUT2D eigenvalue weighted by Gasteiger charge is 2.37. The highest BCUT2D eigenvalue weighted by atomic mass is 19.4. The molecule has 0 aromatic heterocycles. The lowest BCUT2D eigenvalue weighted by Crippen LogP contribution is -2.31. The zero-order valence-corrected chi connectivity index (χ0v) is 15.7. The summed E-state index contributed by atoms with van der Waals surface area (Å²) in [5, 5.41) is 21.8. The van der Waals surface area contributed by atoms with Gasteiger partial charge in [-0.15, -0.1) is 0 Å². The van der Waals surface area contributed by atoms with E-state index in [9.17, 15) is 28.2 Å². The fourth-order valence-electron chi connectivity index (χ4n) is 3.69. The first kappa shape index (κ1) is 21.1. The number of aliphatic hydroxyl groups is 2. The fraction of sp³-hybridized carbons (Fsp3) is 0.381. The lowest BCUT2D eigenvalue weighted by Gasteiger charge is -2.26. The second kappa shape index (κ2) is 8.42. The van der Waals surface area contributed by atoms with E-state index in [0.29, 0.717) is 17.0 Å². The molecule has 8 heteroatoms. The molecule has 1 aliphatic rings. The summed E-state index contributed by atoms with van der Waals surface area (Å²) >= 11 is 0. The van der Waals surface area contributed by atoms with Crippen molar-refractivity contribution in [2.24, 2.45) is 5.92 Å². The third kappa shape index (κ3) is 4.71. The number of aliphatic hydroxyl groups excluding tert-OH is 2. The van der Waals surface area contributed by atoms with E-state index in [-0.39, 0.29) is 12.8 Å². The number of rotatable bonds is 5. The van der Waals surface area contributed by atoms with Crippen LogP contribution in [0.25, 0.3) is 0 Å². The highest BCUT2D eigenvalue weighted by Crippen LogP contribution is 2.40. The molecule has 0 saturated carbocycles. The number of nitrogens with one attached hydrogen (secondary N) is 1. The summed E-state index contributed by atoms with van der Waals surface area (Å²) in [6.45, 7) is -0.510. The van der Waals surface area contributed by atoms with E-state index in [1.165, 1.54) is 13.2 Å². The molecule has 3 rings (SSSR count). The van der Waals surface area contributed by atoms with Crippen molar-refractivity contribution in [3.8, 4) is 5.75 Å². The zero-order chi connectivity index (χ0) is 21.2. The molecule has 3 atom stereocenters. The summed E-state index contributed by atoms with van der Waals surface area (Å²) in [5.41, 5.74) is 0.645. The maximum Gasteiger partial charge on any atom is 0.416 e. The van der Waals surface area contributed by atoms with Gasteiger partial charge in [-0.05, 0) is 60.2 Å². The summed E-state index contributed by atoms with van der Waals surface area (Å²) in [6, 6.07) is 10.2. The average Bonchev–Trinajstić information content (AvgIpc) is 2.83. The second-order valence-corrected chi connectivity index (χ2v) is 7.12. The Morgan fingerprint density at radius 1 is 1.21 bits per heavy atom. The number of anilines is 1. The quantitative estimate of drug-likeness (QED) is 0.708. The van der Waals surface area contributed by atoms with Crippen molar-refractivity contribution < 1.29 is 32.9 Å². The van der Waals surface area contributed by atoms with Crippen LogP contribution in [0.5, 0.6) is 5.75 Å². The number of carbonyl (C=O) groups is 1. The van der Waals surface area contributed by atoms with Gasteiger partial charge in [0, 0.05) is 11.6 Å². The second-order valence-electron chi connectivity index (χ2n) is 7.12. The summed E-state index contributed by atoms with van der Waals surface area (Å²) < 4.78 is 44.7. The Bertz CT molecular complexity index is 867. The first-order valence-corrected chi connectivity index (χ1v) is 9.16. The molecular weight excluding hydrogens is 387 g/mol. The van der Waals surface area contributed by atoms with Crippen LogP contribution in [0.1, 0.15) is 29.0 Å². The van der Waals surface area contributed by atoms with E-state index in [0.717, 1.165) is 17.7 Å². The molecule has 1 amide bonds. The molecule has 0 spiro atoms. The minimum Gasteiger partial charge on any atom is -0.497 e. The molecule has 0 saturated heterocycles. The Morgan fingerprint density at radius 3 is 2.48 bits per heavy atom. The number of hydrogen-bond acceptors (Lipinski definition) is 4. The number of hydrogen-bond donors (Lipinski definition) is 3. The maximum absolute atomic E-state index is 13.2. The Morgan fingerprint density at radius 2 is 1.90 bits per heavy atom. The lowest BCUT2D eigenvalue weighted by molar-refractivity contribution is -0.137. The standard InChI is InChI=1S/C21H22F3NO4/c1-29-16-5-2-12(3-6-16)17-9-13-8-14(21(22,23)24)4-7-19(13)25-20(28)18(17)10-15(27)11-26/h2-8,15,17-18,26-27H,9-11H2,1H3,(H,25,28)/t15?,17-,18+/m1/s1. The number of benzene rings is 2. The maximum atomic E-state index is 13.2. The van der Waals surface area contributed by atoms with Crippen molar-refractivity contribution in [1.29, 1.82) is 0 Å². The topological polar surface area (TPSA) is 78.8 Å². The Kier molecular flexibility index (Phi) is 6.14. The summed E-state index contributed by atoms with van der Waals surface area (Å²) in [6.07, 6.45) is -5.45. The van der Waals surface area contributed by atoms with Crippen molar-refractivity contribution >= 4 is 11.6 Å². The van der Waals surface area contributed by atoms with Gasteiger partial charge in [-0.2, -0.15) is 13.2 Å². The van der Waals surface area contributed by atoms with Gasteiger partial charge >= 0.3 is 6.18 Å². The van der Waals surface area contributed by atoms with E-state index in [2.05, 4.69) is 5.32 Å². The molecular formula is C21H22F3NO4. The van der Waals surface area contributed by atoms with Crippen LogP contribution in [0.2, 0.25) is 0 Å². The lowest BCUT2D eigenvalue weighted by atomic mass is 9.79. The van der Waals surface area contributed by atoms with E-state index < -0.39 is 42.2 Å². The van der Waals surface area contributed by atoms with Gasteiger partial charge in [0.1, 0.15) is 5.75 Å². The summed E-state index contributed by atoms with van der Waals surface area (Å²) in [5.74, 6) is -1.01. The molecule has 156 valence electrons. The molecule has 3 N–H and O–H groups in total. The third-order valence-electron chi connectivity index (χ3n) is 5.23. The molecule has 0 bridgehead atoms. The van der Waals surface area contributed by atoms with E-state index >= 15 is 0 Å². The predicted octanol–water partition coefficient (Wildman–Crippen LogP) is 3.35. The molecule has 2 aromatic carbocycles. The Labute approximate surface area is 166 Å². The molecule has 1 unspecified atom stereocenters. The van der Waals surface area contributed by atoms with Gasteiger partial charge in [-0.1, -0.05) is 12.1 Å². The average molecular weight is 409 g/mol. The van der Waals surface area contributed by atoms with Crippen LogP contribution in [0, 0.1) is 5.92 Å². The largest absolute Gasteiger partial charge is 0.497 e. The van der Waals surface area contributed by atoms with Crippen LogP contribution in [0.4, 0.5) is 18.9 Å². The molecule has 1 heterocycles. The highest BCUT2D eigenvalue weighted by molar-refractivity contribution is 5.95. The molecule has 0 radical (unpaired) electrons. The molecule has 1 aliphatic heterocycles. The minimum absolute atomic E-state index is 0.0147. The molecule has 2 aromatic rings. The van der Waals surface area contributed by atoms with Crippen LogP contribution < -0.4 is 10.1 Å². The zero-order valence-electron chi connectivity index (χ0n) is 15.7. The first-order valence-electron chi connectivity index (χ1n) is 9.16. The van der Waals surface area contributed by atoms with Crippen molar-refractivity contribution in [2.45, 2.75) is 31.0 Å². The third-order valence-corrected chi connectivity index (χ3v) is 5.23. The van der Waals surface area contributed by atoms with Crippen LogP contribution in [-0.2, 0) is 17.4 Å². The minimum atomic E-state index is -4.49. The van der Waals surface area contributed by atoms with Gasteiger partial charge in [0.25, 0.3) is 0 Å². The molecule has 5 nitrogen and oxygen atoms in total. The number of fused-ring (bicyclic) bond motifs is 1. The Balaban J connectivity index is 2.04. The Hall–Kier alpha value is -2.58. The van der Waals surface area contributed by atoms with Crippen LogP contribution in [-0.4, -0.2) is 35.9 Å². The van der Waals surface area contributed by atoms with Gasteiger partial charge in [-0.25, -0.2) is 0 Å². The number of alkyl halides is 3. The van der Waals surface area contributed by atoms with Gasteiger partial charge in [-0.3, -0.25) is 4.79 Å². The smallest absolute Gasteiger partial charge is 0.416 e. The van der Waals surface area contributed by atoms with Crippen molar-refractivity contribution in [2.75, 3.05) is 19.0 Å². The fourth-order valence-corrected chi connectivity index (χ4v) is 3.69. The summed E-state index contributed by atoms with van der Waals surface area (Å²) in [4.78, 5) is 12.9. The molecule has 0 aliphatic carbocycles. The number of ether oxygens (including phenoxy) is 1. The molecule has 29 heavy (non-hydrogen) atoms. The van der Waals surface area contributed by atoms with Crippen LogP contribution >= 0.6 is 0 Å². The van der Waals surface area contributed by atoms with Crippen molar-refractivity contribution in [1.82, 2.24) is 0 Å². The first-order chi connectivity index (χ1) is 13.7.